The van der Waals surface area contributed by atoms with Gasteiger partial charge in [-0.25, -0.2) is 5.43 Å². The number of nitrogens with zero attached hydrogens (tertiary/aromatic N) is 2. The highest BCUT2D eigenvalue weighted by atomic mass is 35.5. The zero-order valence-corrected chi connectivity index (χ0v) is 19.4. The summed E-state index contributed by atoms with van der Waals surface area (Å²) in [6.07, 6.45) is 8.85. The summed E-state index contributed by atoms with van der Waals surface area (Å²) < 4.78 is 0. The lowest BCUT2D eigenvalue weighted by Gasteiger charge is -2.25. The molecule has 0 bridgehead atoms. The van der Waals surface area contributed by atoms with Crippen molar-refractivity contribution in [1.29, 1.82) is 0 Å². The third-order valence-electron chi connectivity index (χ3n) is 4.67. The number of allylic oxidation sites excluding steroid dienone is 5. The molecule has 1 aromatic rings. The standard InChI is InChI=1S/C22H27Cl3N4O/c1-3-5-6-13-26-27-22(30)20-14-21(16-7-9-18(25)10-8-16)29(28-20)19(15-23)12-11-17(24)4-2/h4,7-12,21,26H,2-3,5-6,13-15H2,1H3,(H,27,30)/p+1/b17-11+,19-12+. The van der Waals surface area contributed by atoms with Crippen LogP contribution in [0.5, 0.6) is 0 Å². The number of carbonyl (C=O) groups excluding carboxylic acids is 1. The first-order valence-electron chi connectivity index (χ1n) is 9.99. The molecule has 0 aromatic heterocycles. The van der Waals surface area contributed by atoms with Gasteiger partial charge in [-0.2, -0.15) is 10.5 Å². The van der Waals surface area contributed by atoms with E-state index in [1.54, 1.807) is 23.2 Å². The van der Waals surface area contributed by atoms with Gasteiger partial charge in [-0.3, -0.25) is 9.80 Å². The monoisotopic (exact) mass is 469 g/mol. The van der Waals surface area contributed by atoms with Crippen molar-refractivity contribution in [3.63, 3.8) is 0 Å². The Morgan fingerprint density at radius 3 is 2.70 bits per heavy atom. The second-order valence-electron chi connectivity index (χ2n) is 6.88. The van der Waals surface area contributed by atoms with Crippen LogP contribution in [0.15, 0.2) is 64.9 Å². The van der Waals surface area contributed by atoms with Crippen LogP contribution >= 0.6 is 34.8 Å². The highest BCUT2D eigenvalue weighted by Crippen LogP contribution is 2.35. The maximum atomic E-state index is 12.7. The van der Waals surface area contributed by atoms with E-state index in [9.17, 15) is 4.79 Å². The van der Waals surface area contributed by atoms with E-state index in [4.69, 9.17) is 34.8 Å². The summed E-state index contributed by atoms with van der Waals surface area (Å²) in [5.41, 5.74) is 6.85. The molecule has 30 heavy (non-hydrogen) atoms. The van der Waals surface area contributed by atoms with Gasteiger partial charge in [0, 0.05) is 16.5 Å². The predicted molar refractivity (Wildman–Crippen MR) is 125 cm³/mol. The Labute approximate surface area is 193 Å². The van der Waals surface area contributed by atoms with Gasteiger partial charge in [-0.05, 0) is 42.7 Å². The average Bonchev–Trinajstić information content (AvgIpc) is 3.19. The Bertz CT molecular complexity index is 818. The van der Waals surface area contributed by atoms with Crippen LogP contribution in [-0.4, -0.2) is 29.1 Å². The molecule has 3 N–H and O–H groups in total. The first-order chi connectivity index (χ1) is 14.5. The predicted octanol–water partition coefficient (Wildman–Crippen LogP) is 4.66. The van der Waals surface area contributed by atoms with Gasteiger partial charge in [0.05, 0.1) is 24.2 Å². The second kappa shape index (κ2) is 12.8. The molecule has 1 aromatic carbocycles. The molecular weight excluding hydrogens is 443 g/mol. The van der Waals surface area contributed by atoms with Crippen molar-refractivity contribution in [2.45, 2.75) is 38.6 Å². The number of hydrogen-bond acceptors (Lipinski definition) is 3. The molecule has 0 saturated heterocycles. The van der Waals surface area contributed by atoms with E-state index in [1.165, 1.54) is 0 Å². The number of nitrogens with one attached hydrogen (secondary N) is 1. The van der Waals surface area contributed by atoms with Gasteiger partial charge < -0.3 is 0 Å². The van der Waals surface area contributed by atoms with E-state index in [2.05, 4.69) is 24.0 Å². The first kappa shape index (κ1) is 24.5. The van der Waals surface area contributed by atoms with E-state index < -0.39 is 0 Å². The Kier molecular flexibility index (Phi) is 10.4. The minimum absolute atomic E-state index is 0.163. The van der Waals surface area contributed by atoms with Crippen molar-refractivity contribution in [2.75, 3.05) is 12.4 Å². The molecule has 0 radical (unpaired) electrons. The van der Waals surface area contributed by atoms with E-state index in [-0.39, 0.29) is 17.8 Å². The molecule has 0 saturated carbocycles. The molecule has 1 aliphatic heterocycles. The summed E-state index contributed by atoms with van der Waals surface area (Å²) >= 11 is 18.3. The molecule has 1 unspecified atom stereocenters. The Morgan fingerprint density at radius 2 is 2.07 bits per heavy atom. The minimum Gasteiger partial charge on any atom is -0.263 e. The minimum atomic E-state index is -0.193. The maximum Gasteiger partial charge on any atom is 0.312 e. The molecular formula is C22H28Cl3N4O+. The van der Waals surface area contributed by atoms with E-state index in [0.29, 0.717) is 22.2 Å². The highest BCUT2D eigenvalue weighted by molar-refractivity contribution is 6.39. The number of benzene rings is 1. The van der Waals surface area contributed by atoms with Crippen molar-refractivity contribution in [3.05, 3.63) is 70.4 Å². The molecule has 0 fully saturated rings. The lowest BCUT2D eigenvalue weighted by Crippen LogP contribution is -2.94. The van der Waals surface area contributed by atoms with Crippen LogP contribution in [0.4, 0.5) is 0 Å². The molecule has 8 heteroatoms. The average molecular weight is 471 g/mol. The van der Waals surface area contributed by atoms with Gasteiger partial charge in [-0.1, -0.05) is 61.3 Å². The quantitative estimate of drug-likeness (QED) is 0.123. The lowest BCUT2D eigenvalue weighted by atomic mass is 10.0. The smallest absolute Gasteiger partial charge is 0.263 e. The molecule has 1 aliphatic rings. The number of carbonyl (C=O) groups is 1. The molecule has 0 spiro atoms. The molecule has 1 atom stereocenters. The van der Waals surface area contributed by atoms with Gasteiger partial charge in [0.2, 0.25) is 0 Å². The number of hydrogen-bond donors (Lipinski definition) is 2. The number of halogens is 3. The van der Waals surface area contributed by atoms with Gasteiger partial charge in [0.1, 0.15) is 5.71 Å². The molecule has 1 heterocycles. The molecule has 162 valence electrons. The maximum absolute atomic E-state index is 12.7. The summed E-state index contributed by atoms with van der Waals surface area (Å²) in [4.78, 5) is 12.7. The van der Waals surface area contributed by atoms with E-state index in [0.717, 1.165) is 37.1 Å². The van der Waals surface area contributed by atoms with Crippen molar-refractivity contribution < 1.29 is 10.2 Å². The highest BCUT2D eigenvalue weighted by Gasteiger charge is 2.33. The van der Waals surface area contributed by atoms with E-state index >= 15 is 0 Å². The zero-order valence-electron chi connectivity index (χ0n) is 17.1. The second-order valence-corrected chi connectivity index (χ2v) is 8.02. The normalized spacial score (nSPS) is 17.1. The van der Waals surface area contributed by atoms with Crippen LogP contribution in [0, 0.1) is 0 Å². The number of nitrogens with two attached hydrogens (primary N) is 1. The SMILES string of the molecule is C=C/C(Cl)=C\C=C(/CCl)N1N=C(C(=O)N[NH2+]CCCCC)CC1c1ccc(Cl)cc1. The molecule has 0 aliphatic carbocycles. The number of rotatable bonds is 11. The van der Waals surface area contributed by atoms with Crippen LogP contribution in [0.25, 0.3) is 0 Å². The Hall–Kier alpha value is -1.79. The number of hydrazone groups is 1. The first-order valence-corrected chi connectivity index (χ1v) is 11.3. The van der Waals surface area contributed by atoms with Crippen LogP contribution in [0.1, 0.15) is 44.2 Å². The third kappa shape index (κ3) is 7.17. The van der Waals surface area contributed by atoms with Crippen molar-refractivity contribution in [2.24, 2.45) is 5.10 Å². The van der Waals surface area contributed by atoms with Crippen LogP contribution < -0.4 is 10.9 Å². The summed E-state index contributed by atoms with van der Waals surface area (Å²) in [5.74, 6) is 0.0187. The number of quaternary nitrogens is 1. The number of unbranched alkanes of at least 4 members (excludes halogenated alkanes) is 2. The zero-order chi connectivity index (χ0) is 21.9. The van der Waals surface area contributed by atoms with Gasteiger partial charge in [0.15, 0.2) is 0 Å². The van der Waals surface area contributed by atoms with Crippen molar-refractivity contribution in [1.82, 2.24) is 10.4 Å². The van der Waals surface area contributed by atoms with Gasteiger partial charge in [-0.15, -0.1) is 11.6 Å². The van der Waals surface area contributed by atoms with Crippen molar-refractivity contribution >= 4 is 46.4 Å². The molecule has 1 amide bonds. The fraction of sp³-hybridized carbons (Fsp3) is 0.364. The van der Waals surface area contributed by atoms with Crippen LogP contribution in [0.2, 0.25) is 5.02 Å². The van der Waals surface area contributed by atoms with Crippen LogP contribution in [-0.2, 0) is 4.79 Å². The number of amides is 1. The summed E-state index contributed by atoms with van der Waals surface area (Å²) in [7, 11) is 0. The van der Waals surface area contributed by atoms with Crippen LogP contribution in [0.3, 0.4) is 0 Å². The fourth-order valence-electron chi connectivity index (χ4n) is 3.03. The number of alkyl halides is 1. The van der Waals surface area contributed by atoms with Crippen molar-refractivity contribution in [3.8, 4) is 0 Å². The van der Waals surface area contributed by atoms with E-state index in [1.807, 2.05) is 29.7 Å². The van der Waals surface area contributed by atoms with Gasteiger partial charge >= 0.3 is 5.91 Å². The third-order valence-corrected chi connectivity index (χ3v) is 5.48. The Morgan fingerprint density at radius 1 is 1.33 bits per heavy atom. The largest absolute Gasteiger partial charge is 0.312 e. The Balaban J connectivity index is 2.23. The molecule has 5 nitrogen and oxygen atoms in total. The lowest BCUT2D eigenvalue weighted by molar-refractivity contribution is -0.698. The summed E-state index contributed by atoms with van der Waals surface area (Å²) in [6.45, 7) is 6.63. The summed E-state index contributed by atoms with van der Waals surface area (Å²) in [5, 5.41) is 7.52. The molecule has 2 rings (SSSR count). The summed E-state index contributed by atoms with van der Waals surface area (Å²) in [6, 6.07) is 7.36. The topological polar surface area (TPSA) is 61.3 Å². The fourth-order valence-corrected chi connectivity index (χ4v) is 3.43. The van der Waals surface area contributed by atoms with Gasteiger partial charge in [0.25, 0.3) is 0 Å².